The molecule has 0 radical (unpaired) electrons. The van der Waals surface area contributed by atoms with Crippen LogP contribution in [0, 0.1) is 0 Å². The maximum atomic E-state index is 7.02. The largest absolute Gasteiger partial charge is 0.493 e. The summed E-state index contributed by atoms with van der Waals surface area (Å²) in [5, 5.41) is 0. The molecular weight excluding hydrogens is 632 g/mol. The number of hydrogen-bond acceptors (Lipinski definition) is 7. The molecule has 8 rings (SSSR count). The first kappa shape index (κ1) is 30.0. The van der Waals surface area contributed by atoms with E-state index in [2.05, 4.69) is 100 Å². The minimum Gasteiger partial charge on any atom is -0.493 e. The first-order chi connectivity index (χ1) is 21.9. The molecule has 4 aliphatic heterocycles. The predicted molar refractivity (Wildman–Crippen MR) is 179 cm³/mol. The standard InChI is InChI=1S/C37H39BrN2O5/c1-39-14-12-24-19-32(41-3)33-21-27(24)29(39)16-22-6-9-26(10-7-22)44-31-18-23(8-11-28(31)38)17-30-35-25(13-15-40(30)2)20-34(42-4)36(43-5)37(35)45-33/h6-11,18-21,29-30H,12-17H2,1-5H3/t29-,30+/m0/s1. The molecule has 7 nitrogen and oxygen atoms in total. The second kappa shape index (κ2) is 12.2. The van der Waals surface area contributed by atoms with Crippen LogP contribution in [0.5, 0.6) is 40.2 Å². The minimum atomic E-state index is 0.0262. The Balaban J connectivity index is 1.47. The van der Waals surface area contributed by atoms with Crippen molar-refractivity contribution in [2.45, 2.75) is 37.8 Å². The molecule has 234 valence electrons. The van der Waals surface area contributed by atoms with E-state index in [1.807, 2.05) is 0 Å². The molecule has 0 saturated carbocycles. The van der Waals surface area contributed by atoms with E-state index in [0.717, 1.165) is 65.9 Å². The van der Waals surface area contributed by atoms with Gasteiger partial charge >= 0.3 is 0 Å². The van der Waals surface area contributed by atoms with Gasteiger partial charge in [0.2, 0.25) is 5.75 Å². The lowest BCUT2D eigenvalue weighted by atomic mass is 9.87. The molecule has 0 fully saturated rings. The molecule has 0 aliphatic carbocycles. The molecule has 2 atom stereocenters. The van der Waals surface area contributed by atoms with Crippen molar-refractivity contribution in [1.29, 1.82) is 0 Å². The number of benzene rings is 4. The molecule has 4 aromatic rings. The summed E-state index contributed by atoms with van der Waals surface area (Å²) in [4.78, 5) is 4.83. The number of likely N-dealkylation sites (N-methyl/N-ethyl adjacent to an activating group) is 2. The third kappa shape index (κ3) is 5.53. The SMILES string of the molecule is COc1cc2c3cc1Oc1c(OC)c(OC)cc4c1[C@@H](Cc1ccc(Br)c(c1)Oc1ccc(cc1)C[C@@H]3N(C)CC2)N(C)CC4. The van der Waals surface area contributed by atoms with Crippen LogP contribution in [0.25, 0.3) is 0 Å². The molecule has 6 bridgehead atoms. The number of fused-ring (bicyclic) bond motifs is 2. The highest BCUT2D eigenvalue weighted by molar-refractivity contribution is 9.10. The van der Waals surface area contributed by atoms with Crippen LogP contribution in [-0.2, 0) is 25.7 Å². The zero-order valence-corrected chi connectivity index (χ0v) is 28.1. The van der Waals surface area contributed by atoms with Gasteiger partial charge in [0.15, 0.2) is 23.0 Å². The van der Waals surface area contributed by atoms with Crippen LogP contribution in [0.1, 0.15) is 45.5 Å². The third-order valence-corrected chi connectivity index (χ3v) is 10.3. The maximum absolute atomic E-state index is 7.02. The summed E-state index contributed by atoms with van der Waals surface area (Å²) in [6, 6.07) is 21.5. The van der Waals surface area contributed by atoms with Crippen LogP contribution in [0.4, 0.5) is 0 Å². The van der Waals surface area contributed by atoms with Crippen LogP contribution < -0.4 is 23.7 Å². The second-order valence-corrected chi connectivity index (χ2v) is 13.1. The number of methoxy groups -OCH3 is 3. The number of rotatable bonds is 3. The van der Waals surface area contributed by atoms with Crippen LogP contribution in [0.3, 0.4) is 0 Å². The van der Waals surface area contributed by atoms with Crippen molar-refractivity contribution in [1.82, 2.24) is 9.80 Å². The fourth-order valence-electron chi connectivity index (χ4n) is 7.10. The summed E-state index contributed by atoms with van der Waals surface area (Å²) in [5.41, 5.74) is 7.25. The summed E-state index contributed by atoms with van der Waals surface area (Å²) in [6.45, 7) is 1.88. The molecule has 0 amide bonds. The molecular formula is C37H39BrN2O5. The van der Waals surface area contributed by atoms with Crippen LogP contribution >= 0.6 is 15.9 Å². The van der Waals surface area contributed by atoms with Crippen molar-refractivity contribution in [3.05, 3.63) is 98.5 Å². The number of ether oxygens (including phenoxy) is 5. The smallest absolute Gasteiger partial charge is 0.204 e. The van der Waals surface area contributed by atoms with Crippen molar-refractivity contribution in [3.63, 3.8) is 0 Å². The Hall–Kier alpha value is -3.72. The molecule has 0 aromatic heterocycles. The number of hydrogen-bond donors (Lipinski definition) is 0. The Kier molecular flexibility index (Phi) is 8.14. The van der Waals surface area contributed by atoms with Gasteiger partial charge in [0.1, 0.15) is 11.5 Å². The van der Waals surface area contributed by atoms with E-state index in [0.29, 0.717) is 28.7 Å². The van der Waals surface area contributed by atoms with Crippen LogP contribution in [-0.4, -0.2) is 58.3 Å². The monoisotopic (exact) mass is 670 g/mol. The normalized spacial score (nSPS) is 19.4. The van der Waals surface area contributed by atoms with Gasteiger partial charge in [-0.05, 0) is 126 Å². The van der Waals surface area contributed by atoms with Gasteiger partial charge in [-0.1, -0.05) is 18.2 Å². The van der Waals surface area contributed by atoms with E-state index in [-0.39, 0.29) is 12.1 Å². The summed E-state index contributed by atoms with van der Waals surface area (Å²) >= 11 is 3.72. The van der Waals surface area contributed by atoms with Crippen LogP contribution in [0.15, 0.2) is 65.1 Å². The van der Waals surface area contributed by atoms with Crippen molar-refractivity contribution < 1.29 is 23.7 Å². The van der Waals surface area contributed by atoms with Gasteiger partial charge in [0, 0.05) is 30.7 Å². The first-order valence-electron chi connectivity index (χ1n) is 15.5. The van der Waals surface area contributed by atoms with E-state index in [9.17, 15) is 0 Å². The topological polar surface area (TPSA) is 52.6 Å². The minimum absolute atomic E-state index is 0.0262. The zero-order chi connectivity index (χ0) is 31.2. The molecule has 4 heterocycles. The predicted octanol–water partition coefficient (Wildman–Crippen LogP) is 7.92. The van der Waals surface area contributed by atoms with Gasteiger partial charge in [-0.3, -0.25) is 9.80 Å². The fourth-order valence-corrected chi connectivity index (χ4v) is 7.43. The second-order valence-electron chi connectivity index (χ2n) is 12.2. The van der Waals surface area contributed by atoms with Gasteiger partial charge in [0.25, 0.3) is 0 Å². The number of halogens is 1. The molecule has 45 heavy (non-hydrogen) atoms. The average Bonchev–Trinajstić information content (AvgIpc) is 3.05. The van der Waals surface area contributed by atoms with Crippen molar-refractivity contribution in [3.8, 4) is 40.2 Å². The molecule has 0 spiro atoms. The lowest BCUT2D eigenvalue weighted by molar-refractivity contribution is 0.220. The average molecular weight is 672 g/mol. The van der Waals surface area contributed by atoms with Crippen molar-refractivity contribution in [2.24, 2.45) is 0 Å². The third-order valence-electron chi connectivity index (χ3n) is 9.62. The molecule has 0 saturated heterocycles. The maximum Gasteiger partial charge on any atom is 0.204 e. The summed E-state index contributed by atoms with van der Waals surface area (Å²) < 4.78 is 32.3. The molecule has 4 aliphatic rings. The Morgan fingerprint density at radius 2 is 1.36 bits per heavy atom. The van der Waals surface area contributed by atoms with Gasteiger partial charge < -0.3 is 23.7 Å². The molecule has 0 unspecified atom stereocenters. The Morgan fingerprint density at radius 3 is 2.09 bits per heavy atom. The van der Waals surface area contributed by atoms with E-state index in [1.165, 1.54) is 22.3 Å². The Labute approximate surface area is 273 Å². The van der Waals surface area contributed by atoms with E-state index in [1.54, 1.807) is 21.3 Å². The summed E-state index contributed by atoms with van der Waals surface area (Å²) in [7, 11) is 9.45. The quantitative estimate of drug-likeness (QED) is 0.220. The van der Waals surface area contributed by atoms with Crippen molar-refractivity contribution in [2.75, 3.05) is 48.5 Å². The highest BCUT2D eigenvalue weighted by atomic mass is 79.9. The van der Waals surface area contributed by atoms with Crippen molar-refractivity contribution >= 4 is 15.9 Å². The Morgan fingerprint density at radius 1 is 0.689 bits per heavy atom. The zero-order valence-electron chi connectivity index (χ0n) is 26.5. The van der Waals surface area contributed by atoms with E-state index in [4.69, 9.17) is 23.7 Å². The first-order valence-corrected chi connectivity index (χ1v) is 16.3. The summed E-state index contributed by atoms with van der Waals surface area (Å²) in [6.07, 6.45) is 3.44. The Bertz CT molecular complexity index is 1740. The lowest BCUT2D eigenvalue weighted by Crippen LogP contribution is -2.34. The molecule has 8 heteroatoms. The molecule has 4 aromatic carbocycles. The fraction of sp³-hybridized carbons (Fsp3) is 0.351. The number of nitrogens with zero attached hydrogens (tertiary/aromatic N) is 2. The van der Waals surface area contributed by atoms with Gasteiger partial charge in [-0.25, -0.2) is 0 Å². The van der Waals surface area contributed by atoms with E-state index < -0.39 is 0 Å². The van der Waals surface area contributed by atoms with Gasteiger partial charge in [-0.15, -0.1) is 0 Å². The van der Waals surface area contributed by atoms with Crippen LogP contribution in [0.2, 0.25) is 0 Å². The highest BCUT2D eigenvalue weighted by Crippen LogP contribution is 2.52. The van der Waals surface area contributed by atoms with Gasteiger partial charge in [0.05, 0.1) is 25.8 Å². The highest BCUT2D eigenvalue weighted by Gasteiger charge is 2.34. The summed E-state index contributed by atoms with van der Waals surface area (Å²) in [5.74, 6) is 4.91. The van der Waals surface area contributed by atoms with Gasteiger partial charge in [-0.2, -0.15) is 0 Å². The molecule has 0 N–H and O–H groups in total. The lowest BCUT2D eigenvalue weighted by Gasteiger charge is -2.37. The van der Waals surface area contributed by atoms with E-state index >= 15 is 0 Å².